The van der Waals surface area contributed by atoms with Crippen molar-refractivity contribution < 1.29 is 23.4 Å². The first-order chi connectivity index (χ1) is 11.1. The van der Waals surface area contributed by atoms with Crippen molar-refractivity contribution in [3.8, 4) is 0 Å². The first-order valence-corrected chi connectivity index (χ1v) is 12.2. The van der Waals surface area contributed by atoms with Crippen molar-refractivity contribution in [2.45, 2.75) is 38.6 Å². The summed E-state index contributed by atoms with van der Waals surface area (Å²) in [6.45, 7) is 13.7. The van der Waals surface area contributed by atoms with Gasteiger partial charge in [-0.1, -0.05) is 0 Å². The van der Waals surface area contributed by atoms with Gasteiger partial charge in [0, 0.05) is 0 Å². The van der Waals surface area contributed by atoms with E-state index in [1.54, 1.807) is 0 Å². The van der Waals surface area contributed by atoms with E-state index in [4.69, 9.17) is 23.4 Å². The van der Waals surface area contributed by atoms with Gasteiger partial charge in [-0.15, -0.1) is 0 Å². The van der Waals surface area contributed by atoms with Crippen LogP contribution in [-0.2, 0) is 23.4 Å². The minimum absolute atomic E-state index is 0.401. The molecule has 0 saturated carbocycles. The third kappa shape index (κ3) is 14.1. The summed E-state index contributed by atoms with van der Waals surface area (Å²) < 4.78 is 27.8. The van der Waals surface area contributed by atoms with Crippen LogP contribution in [0.4, 0.5) is 0 Å². The normalized spacial score (nSPS) is 16.8. The zero-order valence-electron chi connectivity index (χ0n) is 15.1. The van der Waals surface area contributed by atoms with Gasteiger partial charge in [0.05, 0.1) is 59.0 Å². The van der Waals surface area contributed by atoms with Crippen LogP contribution in [0.15, 0.2) is 0 Å². The van der Waals surface area contributed by atoms with Gasteiger partial charge in [0.2, 0.25) is 0 Å². The molecule has 0 aliphatic carbocycles. The molecule has 1 aliphatic heterocycles. The Balaban J connectivity index is 1.71. The zero-order chi connectivity index (χ0) is 16.8. The van der Waals surface area contributed by atoms with E-state index in [0.717, 1.165) is 25.9 Å². The van der Waals surface area contributed by atoms with Crippen molar-refractivity contribution in [2.24, 2.45) is 0 Å². The number of rotatable bonds is 14. The molecule has 1 rings (SSSR count). The van der Waals surface area contributed by atoms with E-state index < -0.39 is 8.32 Å². The van der Waals surface area contributed by atoms with E-state index in [0.29, 0.717) is 59.0 Å². The van der Waals surface area contributed by atoms with Gasteiger partial charge < -0.3 is 28.7 Å². The lowest BCUT2D eigenvalue weighted by Crippen LogP contribution is -2.33. The molecule has 1 heterocycles. The fourth-order valence-electron chi connectivity index (χ4n) is 2.18. The maximum Gasteiger partial charge on any atom is 0.183 e. The Morgan fingerprint density at radius 3 is 1.74 bits per heavy atom. The molecule has 6 nitrogen and oxygen atoms in total. The van der Waals surface area contributed by atoms with Gasteiger partial charge in [-0.3, -0.25) is 0 Å². The Bertz CT molecular complexity index is 270. The van der Waals surface area contributed by atoms with E-state index in [2.05, 4.69) is 25.0 Å². The highest BCUT2D eigenvalue weighted by molar-refractivity contribution is 6.69. The quantitative estimate of drug-likeness (QED) is 0.380. The topological polar surface area (TPSA) is 58.2 Å². The summed E-state index contributed by atoms with van der Waals surface area (Å²) >= 11 is 0. The predicted octanol–water partition coefficient (Wildman–Crippen LogP) is 1.66. The molecule has 0 bridgehead atoms. The highest BCUT2D eigenvalue weighted by atomic mass is 28.4. The molecule has 1 saturated heterocycles. The molecule has 0 aromatic heterocycles. The van der Waals surface area contributed by atoms with Gasteiger partial charge in [0.25, 0.3) is 0 Å². The van der Waals surface area contributed by atoms with Crippen LogP contribution < -0.4 is 5.32 Å². The Morgan fingerprint density at radius 1 is 0.739 bits per heavy atom. The van der Waals surface area contributed by atoms with Crippen LogP contribution in [0.1, 0.15) is 12.8 Å². The number of hydrogen-bond acceptors (Lipinski definition) is 6. The monoisotopic (exact) mass is 349 g/mol. The van der Waals surface area contributed by atoms with Gasteiger partial charge in [0.1, 0.15) is 0 Å². The van der Waals surface area contributed by atoms with Crippen molar-refractivity contribution >= 4 is 8.32 Å². The minimum atomic E-state index is -1.41. The first kappa shape index (κ1) is 21.0. The maximum absolute atomic E-state index is 5.75. The van der Waals surface area contributed by atoms with Gasteiger partial charge in [-0.2, -0.15) is 0 Å². The van der Waals surface area contributed by atoms with Gasteiger partial charge in [-0.05, 0) is 45.6 Å². The molecule has 0 radical (unpaired) electrons. The SMILES string of the molecule is C[Si](C)(C)OCCOCCOCCOCCOC1CCNCC1. The van der Waals surface area contributed by atoms with E-state index in [1.807, 2.05) is 0 Å². The van der Waals surface area contributed by atoms with Crippen molar-refractivity contribution in [3.63, 3.8) is 0 Å². The lowest BCUT2D eigenvalue weighted by Gasteiger charge is -2.22. The molecule has 23 heavy (non-hydrogen) atoms. The fraction of sp³-hybridized carbons (Fsp3) is 1.00. The van der Waals surface area contributed by atoms with Crippen molar-refractivity contribution in [3.05, 3.63) is 0 Å². The second-order valence-corrected chi connectivity index (χ2v) is 11.1. The highest BCUT2D eigenvalue weighted by Crippen LogP contribution is 2.06. The predicted molar refractivity (Wildman–Crippen MR) is 93.6 cm³/mol. The Kier molecular flexibility index (Phi) is 12.1. The Hall–Kier alpha value is -0.0231. The van der Waals surface area contributed by atoms with Crippen LogP contribution in [0.2, 0.25) is 19.6 Å². The summed E-state index contributed by atoms with van der Waals surface area (Å²) in [4.78, 5) is 0. The molecule has 0 spiro atoms. The number of ether oxygens (including phenoxy) is 4. The smallest absolute Gasteiger partial charge is 0.183 e. The highest BCUT2D eigenvalue weighted by Gasteiger charge is 2.13. The van der Waals surface area contributed by atoms with Gasteiger partial charge >= 0.3 is 0 Å². The minimum Gasteiger partial charge on any atom is -0.415 e. The number of piperidine rings is 1. The lowest BCUT2D eigenvalue weighted by molar-refractivity contribution is -0.0260. The molecule has 0 atom stereocenters. The van der Waals surface area contributed by atoms with Gasteiger partial charge in [-0.25, -0.2) is 0 Å². The molecule has 0 aromatic carbocycles. The van der Waals surface area contributed by atoms with Crippen LogP contribution in [0.3, 0.4) is 0 Å². The second-order valence-electron chi connectivity index (χ2n) is 6.62. The summed E-state index contributed by atoms with van der Waals surface area (Å²) in [5.41, 5.74) is 0. The summed E-state index contributed by atoms with van der Waals surface area (Å²) in [6, 6.07) is 0. The van der Waals surface area contributed by atoms with Crippen molar-refractivity contribution in [2.75, 3.05) is 65.9 Å². The second kappa shape index (κ2) is 13.3. The summed E-state index contributed by atoms with van der Waals surface area (Å²) in [5, 5.41) is 3.32. The van der Waals surface area contributed by atoms with Crippen LogP contribution in [0.5, 0.6) is 0 Å². The van der Waals surface area contributed by atoms with E-state index in [9.17, 15) is 0 Å². The van der Waals surface area contributed by atoms with Crippen molar-refractivity contribution in [1.29, 1.82) is 0 Å². The van der Waals surface area contributed by atoms with E-state index in [1.165, 1.54) is 0 Å². The Morgan fingerprint density at radius 2 is 1.22 bits per heavy atom. The average Bonchev–Trinajstić information content (AvgIpc) is 2.52. The first-order valence-electron chi connectivity index (χ1n) is 8.77. The fourth-order valence-corrected chi connectivity index (χ4v) is 2.88. The summed E-state index contributed by atoms with van der Waals surface area (Å²) in [5.74, 6) is 0. The van der Waals surface area contributed by atoms with Crippen LogP contribution in [0.25, 0.3) is 0 Å². The van der Waals surface area contributed by atoms with E-state index in [-0.39, 0.29) is 0 Å². The molecule has 1 fully saturated rings. The van der Waals surface area contributed by atoms with Crippen LogP contribution in [-0.4, -0.2) is 80.4 Å². The Labute approximate surface area is 142 Å². The molecule has 138 valence electrons. The average molecular weight is 350 g/mol. The lowest BCUT2D eigenvalue weighted by atomic mass is 10.1. The van der Waals surface area contributed by atoms with E-state index >= 15 is 0 Å². The number of hydrogen-bond donors (Lipinski definition) is 1. The molecule has 1 aliphatic rings. The molecule has 0 amide bonds. The third-order valence-corrected chi connectivity index (χ3v) is 4.44. The van der Waals surface area contributed by atoms with Gasteiger partial charge in [0.15, 0.2) is 8.32 Å². The molecule has 0 aromatic rings. The van der Waals surface area contributed by atoms with Crippen LogP contribution in [0, 0.1) is 0 Å². The van der Waals surface area contributed by atoms with Crippen molar-refractivity contribution in [1.82, 2.24) is 5.32 Å². The third-order valence-electron chi connectivity index (χ3n) is 3.37. The molecule has 1 N–H and O–H groups in total. The molecular formula is C16H35NO5Si. The number of nitrogens with one attached hydrogen (secondary N) is 1. The largest absolute Gasteiger partial charge is 0.415 e. The molecule has 7 heteroatoms. The summed E-state index contributed by atoms with van der Waals surface area (Å²) in [7, 11) is -1.41. The molecule has 0 unspecified atom stereocenters. The summed E-state index contributed by atoms with van der Waals surface area (Å²) in [6.07, 6.45) is 2.61. The standard InChI is InChI=1S/C16H35NO5Si/c1-23(2,3)22-15-13-20-11-9-18-8-10-19-12-14-21-16-4-6-17-7-5-16/h16-17H,4-15H2,1-3H3. The van der Waals surface area contributed by atoms with Crippen LogP contribution >= 0.6 is 0 Å². The zero-order valence-corrected chi connectivity index (χ0v) is 16.1. The molecular weight excluding hydrogens is 314 g/mol. The maximum atomic E-state index is 5.75.